The van der Waals surface area contributed by atoms with Gasteiger partial charge in [0.05, 0.1) is 5.69 Å². The minimum absolute atomic E-state index is 0.234. The molecular formula is C19H28N2O4. The zero-order valence-corrected chi connectivity index (χ0v) is 15.8. The maximum Gasteiger partial charge on any atom is 0.410 e. The highest BCUT2D eigenvalue weighted by Gasteiger charge is 2.37. The second kappa shape index (κ2) is 6.83. The predicted molar refractivity (Wildman–Crippen MR) is 94.0 cm³/mol. The first-order chi connectivity index (χ1) is 11.8. The Bertz CT molecular complexity index is 644. The number of hydrogen-bond acceptors (Lipinski definition) is 5. The van der Waals surface area contributed by atoms with Gasteiger partial charge < -0.3 is 19.1 Å². The molecule has 0 unspecified atom stereocenters. The Hall–Kier alpha value is -1.82. The molecule has 0 N–H and O–H groups in total. The number of carbonyl (C=O) groups excluding carboxylic acids is 1. The zero-order valence-electron chi connectivity index (χ0n) is 15.8. The lowest BCUT2D eigenvalue weighted by Crippen LogP contribution is -2.50. The molecule has 138 valence electrons. The van der Waals surface area contributed by atoms with E-state index in [-0.39, 0.29) is 18.8 Å². The molecule has 1 amide bonds. The van der Waals surface area contributed by atoms with Crippen LogP contribution in [-0.4, -0.2) is 48.6 Å². The maximum absolute atomic E-state index is 12.1. The smallest absolute Gasteiger partial charge is 0.410 e. The fraction of sp³-hybridized carbons (Fsp3) is 0.684. The summed E-state index contributed by atoms with van der Waals surface area (Å²) < 4.78 is 16.2. The molecule has 2 heterocycles. The second-order valence-corrected chi connectivity index (χ2v) is 7.99. The number of amides is 1. The molecule has 1 aliphatic carbocycles. The van der Waals surface area contributed by atoms with Gasteiger partial charge in [-0.05, 0) is 52.2 Å². The van der Waals surface area contributed by atoms with Crippen molar-refractivity contribution >= 4 is 6.09 Å². The Kier molecular flexibility index (Phi) is 4.91. The van der Waals surface area contributed by atoms with Gasteiger partial charge in [0.1, 0.15) is 11.4 Å². The van der Waals surface area contributed by atoms with Crippen molar-refractivity contribution in [3.63, 3.8) is 0 Å². The molecule has 3 rings (SSSR count). The van der Waals surface area contributed by atoms with E-state index < -0.39 is 5.60 Å². The average Bonchev–Trinajstić information content (AvgIpc) is 3.26. The summed E-state index contributed by atoms with van der Waals surface area (Å²) in [6.07, 6.45) is 2.07. The van der Waals surface area contributed by atoms with Crippen LogP contribution < -0.4 is 4.74 Å². The fourth-order valence-electron chi connectivity index (χ4n) is 3.00. The number of hydrogen-bond donors (Lipinski definition) is 0. The zero-order chi connectivity index (χ0) is 18.2. The highest BCUT2D eigenvalue weighted by molar-refractivity contribution is 5.69. The van der Waals surface area contributed by atoms with E-state index in [0.717, 1.165) is 35.5 Å². The quantitative estimate of drug-likeness (QED) is 0.761. The van der Waals surface area contributed by atoms with Gasteiger partial charge in [-0.2, -0.15) is 0 Å². The van der Waals surface area contributed by atoms with Crippen LogP contribution in [0.1, 0.15) is 62.4 Å². The number of rotatable bonds is 5. The van der Waals surface area contributed by atoms with Crippen LogP contribution in [0.3, 0.4) is 0 Å². The summed E-state index contributed by atoms with van der Waals surface area (Å²) in [4.78, 5) is 18.7. The minimum Gasteiger partial charge on any atom is -0.465 e. The Labute approximate surface area is 149 Å². The van der Waals surface area contributed by atoms with Crippen molar-refractivity contribution in [1.82, 2.24) is 9.88 Å². The molecule has 0 radical (unpaired) electrons. The number of methoxy groups -OCH3 is 1. The highest BCUT2D eigenvalue weighted by Crippen LogP contribution is 2.45. The Morgan fingerprint density at radius 3 is 2.52 bits per heavy atom. The molecule has 0 aromatic carbocycles. The van der Waals surface area contributed by atoms with E-state index in [4.69, 9.17) is 19.2 Å². The summed E-state index contributed by atoms with van der Waals surface area (Å²) in [6.45, 7) is 9.24. The van der Waals surface area contributed by atoms with E-state index in [1.807, 2.05) is 27.7 Å². The molecule has 1 saturated heterocycles. The normalized spacial score (nSPS) is 18.0. The number of ether oxygens (including phenoxy) is 3. The first-order valence-corrected chi connectivity index (χ1v) is 8.89. The van der Waals surface area contributed by atoms with E-state index in [9.17, 15) is 4.79 Å². The van der Waals surface area contributed by atoms with Crippen LogP contribution in [0.15, 0.2) is 6.07 Å². The molecule has 1 aromatic heterocycles. The molecule has 1 aromatic rings. The summed E-state index contributed by atoms with van der Waals surface area (Å²) >= 11 is 0. The van der Waals surface area contributed by atoms with Crippen LogP contribution in [0.4, 0.5) is 4.79 Å². The van der Waals surface area contributed by atoms with E-state index in [0.29, 0.717) is 19.0 Å². The highest BCUT2D eigenvalue weighted by atomic mass is 16.7. The van der Waals surface area contributed by atoms with Gasteiger partial charge >= 0.3 is 6.09 Å². The van der Waals surface area contributed by atoms with Gasteiger partial charge in [-0.3, -0.25) is 4.98 Å². The summed E-state index contributed by atoms with van der Waals surface area (Å²) in [5.41, 5.74) is 2.71. The lowest BCUT2D eigenvalue weighted by Gasteiger charge is -2.39. The lowest BCUT2D eigenvalue weighted by molar-refractivity contribution is 0.00780. The van der Waals surface area contributed by atoms with E-state index in [1.54, 1.807) is 12.0 Å². The third-order valence-corrected chi connectivity index (χ3v) is 4.44. The van der Waals surface area contributed by atoms with Crippen molar-refractivity contribution in [3.8, 4) is 5.75 Å². The lowest BCUT2D eigenvalue weighted by atomic mass is 9.94. The van der Waals surface area contributed by atoms with Gasteiger partial charge in [0, 0.05) is 37.7 Å². The van der Waals surface area contributed by atoms with Crippen LogP contribution in [0.5, 0.6) is 5.75 Å². The van der Waals surface area contributed by atoms with Crippen LogP contribution in [0.2, 0.25) is 0 Å². The van der Waals surface area contributed by atoms with Gasteiger partial charge in [0.25, 0.3) is 0 Å². The number of pyridine rings is 1. The van der Waals surface area contributed by atoms with Crippen molar-refractivity contribution < 1.29 is 19.0 Å². The van der Waals surface area contributed by atoms with E-state index >= 15 is 0 Å². The van der Waals surface area contributed by atoms with Crippen LogP contribution in [0.25, 0.3) is 0 Å². The molecule has 0 spiro atoms. The molecule has 0 bridgehead atoms. The Morgan fingerprint density at radius 2 is 1.96 bits per heavy atom. The van der Waals surface area contributed by atoms with E-state index in [1.165, 1.54) is 0 Å². The molecule has 1 saturated carbocycles. The van der Waals surface area contributed by atoms with Crippen molar-refractivity contribution in [2.45, 2.75) is 58.0 Å². The minimum atomic E-state index is -0.462. The molecular weight excluding hydrogens is 320 g/mol. The van der Waals surface area contributed by atoms with Gasteiger partial charge in [0.2, 0.25) is 0 Å². The first-order valence-electron chi connectivity index (χ1n) is 8.89. The van der Waals surface area contributed by atoms with Crippen LogP contribution >= 0.6 is 0 Å². The molecule has 1 aliphatic heterocycles. The summed E-state index contributed by atoms with van der Waals surface area (Å²) in [7, 11) is 1.62. The molecule has 25 heavy (non-hydrogen) atoms. The standard InChI is InChI=1S/C19H28N2O4/c1-12-8-15(14-9-21(10-14)18(22)25-19(2,3)4)20-16(13-6-7-13)17(12)24-11-23-5/h8,13-14H,6-7,9-11H2,1-5H3. The van der Waals surface area contributed by atoms with Crippen molar-refractivity contribution in [1.29, 1.82) is 0 Å². The van der Waals surface area contributed by atoms with Crippen molar-refractivity contribution in [2.75, 3.05) is 27.0 Å². The predicted octanol–water partition coefficient (Wildman–Crippen LogP) is 3.58. The molecule has 2 fully saturated rings. The van der Waals surface area contributed by atoms with Crippen LogP contribution in [0, 0.1) is 6.92 Å². The maximum atomic E-state index is 12.1. The van der Waals surface area contributed by atoms with Gasteiger partial charge in [-0.25, -0.2) is 4.79 Å². The molecule has 2 aliphatic rings. The van der Waals surface area contributed by atoms with Gasteiger partial charge in [-0.1, -0.05) is 0 Å². The fourth-order valence-corrected chi connectivity index (χ4v) is 3.00. The summed E-state index contributed by atoms with van der Waals surface area (Å²) in [6, 6.07) is 2.08. The van der Waals surface area contributed by atoms with Crippen molar-refractivity contribution in [2.24, 2.45) is 0 Å². The third kappa shape index (κ3) is 4.24. The van der Waals surface area contributed by atoms with E-state index in [2.05, 4.69) is 6.07 Å². The SMILES string of the molecule is COCOc1c(C)cc(C2CN(C(=O)OC(C)(C)C)C2)nc1C1CC1. The van der Waals surface area contributed by atoms with Crippen molar-refractivity contribution in [3.05, 3.63) is 23.0 Å². The Balaban J connectivity index is 1.69. The van der Waals surface area contributed by atoms with Gasteiger partial charge in [-0.15, -0.1) is 0 Å². The molecule has 6 nitrogen and oxygen atoms in total. The first kappa shape index (κ1) is 18.0. The Morgan fingerprint density at radius 1 is 1.28 bits per heavy atom. The number of likely N-dealkylation sites (tertiary alicyclic amines) is 1. The topological polar surface area (TPSA) is 60.9 Å². The average molecular weight is 348 g/mol. The summed E-state index contributed by atoms with van der Waals surface area (Å²) in [5, 5.41) is 0. The number of aromatic nitrogens is 1. The van der Waals surface area contributed by atoms with Crippen LogP contribution in [-0.2, 0) is 9.47 Å². The third-order valence-electron chi connectivity index (χ3n) is 4.44. The number of nitrogens with zero attached hydrogens (tertiary/aromatic N) is 2. The number of carbonyl (C=O) groups is 1. The number of aryl methyl sites for hydroxylation is 1. The largest absolute Gasteiger partial charge is 0.465 e. The van der Waals surface area contributed by atoms with Gasteiger partial charge in [0.15, 0.2) is 6.79 Å². The molecule has 0 atom stereocenters. The second-order valence-electron chi connectivity index (χ2n) is 7.99. The monoisotopic (exact) mass is 348 g/mol. The molecule has 6 heteroatoms. The summed E-state index contributed by atoms with van der Waals surface area (Å²) in [5.74, 6) is 1.61.